The quantitative estimate of drug-likeness (QED) is 0.574. The monoisotopic (exact) mass is 303 g/mol. The van der Waals surface area contributed by atoms with Crippen molar-refractivity contribution >= 4 is 21.8 Å². The summed E-state index contributed by atoms with van der Waals surface area (Å²) in [6.45, 7) is 4.29. The van der Waals surface area contributed by atoms with Crippen LogP contribution in [0.3, 0.4) is 0 Å². The van der Waals surface area contributed by atoms with Crippen LogP contribution in [0.25, 0.3) is 21.8 Å². The molecule has 0 aliphatic carbocycles. The van der Waals surface area contributed by atoms with Crippen LogP contribution in [0.15, 0.2) is 48.8 Å². The molecule has 5 nitrogen and oxygen atoms in total. The number of pyridine rings is 2. The lowest BCUT2D eigenvalue weighted by Gasteiger charge is -2.00. The molecule has 0 radical (unpaired) electrons. The van der Waals surface area contributed by atoms with E-state index >= 15 is 0 Å². The topological polar surface area (TPSA) is 97.2 Å². The number of hydrogen-bond acceptors (Lipinski definition) is 5. The van der Waals surface area contributed by atoms with Crippen LogP contribution < -0.4 is 0 Å². The number of fused-ring (bicyclic) bond motifs is 3. The van der Waals surface area contributed by atoms with E-state index in [4.69, 9.17) is 15.8 Å². The van der Waals surface area contributed by atoms with Crippen LogP contribution in [0.4, 0.5) is 0 Å². The number of rotatable bonds is 0. The van der Waals surface area contributed by atoms with Crippen LogP contribution in [-0.4, -0.2) is 9.97 Å². The fourth-order valence-electron chi connectivity index (χ4n) is 1.68. The second-order valence-corrected chi connectivity index (χ2v) is 3.89. The van der Waals surface area contributed by atoms with Gasteiger partial charge < -0.3 is 0 Å². The van der Waals surface area contributed by atoms with Crippen molar-refractivity contribution in [3.8, 4) is 18.2 Å². The Bertz CT molecular complexity index is 767. The smallest absolute Gasteiger partial charge is 0.0964 e. The fourth-order valence-corrected chi connectivity index (χ4v) is 1.68. The predicted octanol–water partition coefficient (Wildman–Crippen LogP) is 4.37. The number of nitrogens with zero attached hydrogens (tertiary/aromatic N) is 5. The molecule has 1 aromatic carbocycles. The Morgan fingerprint density at radius 2 is 0.957 bits per heavy atom. The molecular weight excluding hydrogens is 286 g/mol. The molecule has 3 rings (SSSR count). The summed E-state index contributed by atoms with van der Waals surface area (Å²) in [5.74, 6) is 0. The third kappa shape index (κ3) is 6.67. The summed E-state index contributed by atoms with van der Waals surface area (Å²) in [5, 5.41) is 24.2. The molecular formula is C18H17N5. The van der Waals surface area contributed by atoms with E-state index in [0.29, 0.717) is 0 Å². The second kappa shape index (κ2) is 12.3. The second-order valence-electron chi connectivity index (χ2n) is 3.89. The molecule has 0 saturated heterocycles. The summed E-state index contributed by atoms with van der Waals surface area (Å²) in [6.07, 6.45) is 3.60. The molecule has 0 aliphatic rings. The molecule has 0 spiro atoms. The minimum absolute atomic E-state index is 0.977. The van der Waals surface area contributed by atoms with E-state index < -0.39 is 0 Å². The van der Waals surface area contributed by atoms with Crippen molar-refractivity contribution in [3.63, 3.8) is 0 Å². The number of aromatic nitrogens is 2. The normalized spacial score (nSPS) is 7.65. The largest absolute Gasteiger partial charge is 0.254 e. The van der Waals surface area contributed by atoms with Crippen LogP contribution in [0, 0.1) is 34.0 Å². The van der Waals surface area contributed by atoms with Gasteiger partial charge in [0.1, 0.15) is 0 Å². The SMILES string of the molecule is CC#N.CC#N.CC#N.c1cnc2c(c1)ccc1cccnc12. The average Bonchev–Trinajstić information content (AvgIpc) is 2.57. The first kappa shape index (κ1) is 19.5. The van der Waals surface area contributed by atoms with Crippen LogP contribution >= 0.6 is 0 Å². The minimum Gasteiger partial charge on any atom is -0.254 e. The first-order chi connectivity index (χ1) is 11.2. The molecule has 0 saturated carbocycles. The van der Waals surface area contributed by atoms with Crippen molar-refractivity contribution in [2.24, 2.45) is 0 Å². The molecule has 0 amide bonds. The first-order valence-corrected chi connectivity index (χ1v) is 6.71. The minimum atomic E-state index is 0.977. The molecule has 0 aliphatic heterocycles. The summed E-state index contributed by atoms with van der Waals surface area (Å²) >= 11 is 0. The van der Waals surface area contributed by atoms with Gasteiger partial charge in [0, 0.05) is 43.9 Å². The average molecular weight is 303 g/mol. The van der Waals surface area contributed by atoms with Crippen LogP contribution in [0.5, 0.6) is 0 Å². The molecule has 3 aromatic rings. The van der Waals surface area contributed by atoms with Gasteiger partial charge in [-0.2, -0.15) is 15.8 Å². The summed E-state index contributed by atoms with van der Waals surface area (Å²) in [6, 6.07) is 17.4. The highest BCUT2D eigenvalue weighted by Gasteiger charge is 2.00. The lowest BCUT2D eigenvalue weighted by Crippen LogP contribution is -1.83. The fraction of sp³-hybridized carbons (Fsp3) is 0.167. The van der Waals surface area contributed by atoms with E-state index in [1.807, 2.05) is 12.1 Å². The molecule has 114 valence electrons. The Balaban J connectivity index is 0.000000457. The highest BCUT2D eigenvalue weighted by molar-refractivity contribution is 6.02. The van der Waals surface area contributed by atoms with Crippen molar-refractivity contribution in [2.75, 3.05) is 0 Å². The molecule has 2 heterocycles. The van der Waals surface area contributed by atoms with Crippen molar-refractivity contribution in [3.05, 3.63) is 48.8 Å². The Labute approximate surface area is 136 Å². The molecule has 2 aromatic heterocycles. The van der Waals surface area contributed by atoms with Gasteiger partial charge in [0.15, 0.2) is 0 Å². The summed E-state index contributed by atoms with van der Waals surface area (Å²) in [4.78, 5) is 8.69. The lowest BCUT2D eigenvalue weighted by molar-refractivity contribution is 1.37. The van der Waals surface area contributed by atoms with E-state index in [0.717, 1.165) is 21.8 Å². The molecule has 5 heteroatoms. The van der Waals surface area contributed by atoms with Gasteiger partial charge >= 0.3 is 0 Å². The zero-order valence-corrected chi connectivity index (χ0v) is 13.4. The van der Waals surface area contributed by atoms with E-state index in [-0.39, 0.29) is 0 Å². The molecule has 0 unspecified atom stereocenters. The molecule has 0 bridgehead atoms. The summed E-state index contributed by atoms with van der Waals surface area (Å²) in [5.41, 5.74) is 1.95. The highest BCUT2D eigenvalue weighted by Crippen LogP contribution is 2.20. The standard InChI is InChI=1S/C12H8N2.3C2H3N/c1-3-9-5-6-10-4-2-8-14-12(10)11(9)13-7-1;3*1-2-3/h1-8H;3*1H3. The highest BCUT2D eigenvalue weighted by atomic mass is 14.7. The number of hydrogen-bond donors (Lipinski definition) is 0. The summed E-state index contributed by atoms with van der Waals surface area (Å²) in [7, 11) is 0. The van der Waals surface area contributed by atoms with Crippen molar-refractivity contribution in [2.45, 2.75) is 20.8 Å². The van der Waals surface area contributed by atoms with Crippen molar-refractivity contribution in [1.29, 1.82) is 15.8 Å². The van der Waals surface area contributed by atoms with Gasteiger partial charge in [-0.1, -0.05) is 24.3 Å². The van der Waals surface area contributed by atoms with E-state index in [2.05, 4.69) is 34.2 Å². The van der Waals surface area contributed by atoms with Crippen LogP contribution in [0.1, 0.15) is 20.8 Å². The lowest BCUT2D eigenvalue weighted by atomic mass is 10.1. The zero-order chi connectivity index (χ0) is 17.5. The van der Waals surface area contributed by atoms with Gasteiger partial charge in [0.05, 0.1) is 29.2 Å². The maximum Gasteiger partial charge on any atom is 0.0964 e. The van der Waals surface area contributed by atoms with Crippen LogP contribution in [-0.2, 0) is 0 Å². The Hall–Kier alpha value is -3.49. The van der Waals surface area contributed by atoms with Gasteiger partial charge in [-0.25, -0.2) is 0 Å². The van der Waals surface area contributed by atoms with Crippen molar-refractivity contribution < 1.29 is 0 Å². The Kier molecular flexibility index (Phi) is 10.4. The van der Waals surface area contributed by atoms with E-state index in [1.165, 1.54) is 20.8 Å². The molecule has 23 heavy (non-hydrogen) atoms. The summed E-state index contributed by atoms with van der Waals surface area (Å²) < 4.78 is 0. The van der Waals surface area contributed by atoms with Gasteiger partial charge in [-0.05, 0) is 12.1 Å². The molecule has 0 N–H and O–H groups in total. The molecule has 0 atom stereocenters. The van der Waals surface area contributed by atoms with Gasteiger partial charge in [0.2, 0.25) is 0 Å². The Morgan fingerprint density at radius 3 is 1.26 bits per heavy atom. The van der Waals surface area contributed by atoms with E-state index in [9.17, 15) is 0 Å². The maximum absolute atomic E-state index is 7.32. The maximum atomic E-state index is 7.32. The number of nitriles is 3. The van der Waals surface area contributed by atoms with Gasteiger partial charge in [0.25, 0.3) is 0 Å². The van der Waals surface area contributed by atoms with Crippen LogP contribution in [0.2, 0.25) is 0 Å². The molecule has 0 fully saturated rings. The Morgan fingerprint density at radius 1 is 0.652 bits per heavy atom. The van der Waals surface area contributed by atoms with Gasteiger partial charge in [-0.3, -0.25) is 9.97 Å². The zero-order valence-electron chi connectivity index (χ0n) is 13.4. The first-order valence-electron chi connectivity index (χ1n) is 6.71. The predicted molar refractivity (Wildman–Crippen MR) is 90.9 cm³/mol. The van der Waals surface area contributed by atoms with Crippen molar-refractivity contribution in [1.82, 2.24) is 9.97 Å². The third-order valence-electron chi connectivity index (χ3n) is 2.34. The van der Waals surface area contributed by atoms with Gasteiger partial charge in [-0.15, -0.1) is 0 Å². The van der Waals surface area contributed by atoms with E-state index in [1.54, 1.807) is 30.6 Å². The third-order valence-corrected chi connectivity index (χ3v) is 2.34. The number of benzene rings is 1.